The van der Waals surface area contributed by atoms with E-state index in [0.717, 1.165) is 0 Å². The predicted octanol–water partition coefficient (Wildman–Crippen LogP) is 1.95. The van der Waals surface area contributed by atoms with E-state index in [1.54, 1.807) is 59.0 Å². The number of amides is 2. The molecule has 0 fully saturated rings. The van der Waals surface area contributed by atoms with Crippen LogP contribution in [-0.2, 0) is 4.79 Å². The van der Waals surface area contributed by atoms with Crippen molar-refractivity contribution in [2.75, 3.05) is 11.9 Å². The molecule has 0 radical (unpaired) electrons. The van der Waals surface area contributed by atoms with Crippen LogP contribution in [0.4, 0.5) is 5.69 Å². The number of nitrogens with one attached hydrogen (secondary N) is 1. The molecular weight excluding hydrogens is 268 g/mol. The highest BCUT2D eigenvalue weighted by molar-refractivity contribution is 6.04. The number of carbonyl (C=O) groups is 2. The fourth-order valence-corrected chi connectivity index (χ4v) is 1.63. The first-order chi connectivity index (χ1) is 9.47. The smallest absolute Gasteiger partial charge is 0.253 e. The van der Waals surface area contributed by atoms with Crippen LogP contribution >= 0.6 is 0 Å². The van der Waals surface area contributed by atoms with Gasteiger partial charge in [0.2, 0.25) is 5.91 Å². The van der Waals surface area contributed by atoms with Crippen LogP contribution in [0.15, 0.2) is 24.3 Å². The van der Waals surface area contributed by atoms with Crippen molar-refractivity contribution in [3.8, 4) is 0 Å². The summed E-state index contributed by atoms with van der Waals surface area (Å²) in [6.45, 7) is 8.22. The van der Waals surface area contributed by atoms with Crippen molar-refractivity contribution in [3.63, 3.8) is 0 Å². The number of para-hydroxylation sites is 1. The molecule has 0 aliphatic heterocycles. The van der Waals surface area contributed by atoms with Gasteiger partial charge in [-0.1, -0.05) is 12.1 Å². The zero-order valence-electron chi connectivity index (χ0n) is 13.5. The van der Waals surface area contributed by atoms with Crippen LogP contribution in [0, 0.1) is 0 Å². The van der Waals surface area contributed by atoms with Gasteiger partial charge in [0.05, 0.1) is 22.4 Å². The van der Waals surface area contributed by atoms with E-state index in [2.05, 4.69) is 5.32 Å². The maximum absolute atomic E-state index is 12.5. The van der Waals surface area contributed by atoms with E-state index < -0.39 is 11.1 Å². The standard InChI is InChI=1S/C16H24N2O3/c1-11(19)18(6)13-10-8-7-9-12(13)14(20)17-15(2,3)16(4,5)21/h7-10,21H,1-6H3,(H,17,20). The molecule has 0 aliphatic carbocycles. The van der Waals surface area contributed by atoms with E-state index in [-0.39, 0.29) is 11.8 Å². The van der Waals surface area contributed by atoms with E-state index in [9.17, 15) is 14.7 Å². The van der Waals surface area contributed by atoms with Gasteiger partial charge in [-0.15, -0.1) is 0 Å². The molecule has 0 spiro atoms. The maximum Gasteiger partial charge on any atom is 0.253 e. The minimum Gasteiger partial charge on any atom is -0.388 e. The normalized spacial score (nSPS) is 12.0. The van der Waals surface area contributed by atoms with Crippen molar-refractivity contribution in [1.82, 2.24) is 5.32 Å². The summed E-state index contributed by atoms with van der Waals surface area (Å²) in [5, 5.41) is 12.9. The number of rotatable bonds is 4. The van der Waals surface area contributed by atoms with E-state index in [0.29, 0.717) is 11.3 Å². The molecule has 116 valence electrons. The number of nitrogens with zero attached hydrogens (tertiary/aromatic N) is 1. The summed E-state index contributed by atoms with van der Waals surface area (Å²) in [6, 6.07) is 6.88. The minimum absolute atomic E-state index is 0.156. The minimum atomic E-state index is -1.08. The third-order valence-electron chi connectivity index (χ3n) is 3.94. The van der Waals surface area contributed by atoms with Crippen molar-refractivity contribution in [1.29, 1.82) is 0 Å². The molecule has 1 aromatic rings. The molecule has 0 heterocycles. The maximum atomic E-state index is 12.5. The number of hydrogen-bond donors (Lipinski definition) is 2. The molecule has 1 rings (SSSR count). The first-order valence-electron chi connectivity index (χ1n) is 6.85. The van der Waals surface area contributed by atoms with Crippen LogP contribution in [0.2, 0.25) is 0 Å². The molecule has 0 unspecified atom stereocenters. The molecule has 0 bridgehead atoms. The Morgan fingerprint density at radius 1 is 1.14 bits per heavy atom. The first-order valence-corrected chi connectivity index (χ1v) is 6.85. The first kappa shape index (κ1) is 17.2. The average molecular weight is 292 g/mol. The third-order valence-corrected chi connectivity index (χ3v) is 3.94. The summed E-state index contributed by atoms with van der Waals surface area (Å²) >= 11 is 0. The summed E-state index contributed by atoms with van der Waals surface area (Å²) in [5.41, 5.74) is -0.961. The second-order valence-corrected chi connectivity index (χ2v) is 6.23. The number of carbonyl (C=O) groups excluding carboxylic acids is 2. The van der Waals surface area contributed by atoms with Crippen LogP contribution in [0.1, 0.15) is 45.0 Å². The molecule has 2 amide bonds. The van der Waals surface area contributed by atoms with Gasteiger partial charge < -0.3 is 15.3 Å². The Labute approximate surface area is 126 Å². The molecule has 0 aromatic heterocycles. The van der Waals surface area contributed by atoms with E-state index in [4.69, 9.17) is 0 Å². The zero-order chi connectivity index (χ0) is 16.4. The highest BCUT2D eigenvalue weighted by Crippen LogP contribution is 2.24. The number of benzene rings is 1. The van der Waals surface area contributed by atoms with E-state index >= 15 is 0 Å². The van der Waals surface area contributed by atoms with Gasteiger partial charge in [-0.3, -0.25) is 9.59 Å². The van der Waals surface area contributed by atoms with Crippen molar-refractivity contribution >= 4 is 17.5 Å². The SMILES string of the molecule is CC(=O)N(C)c1ccccc1C(=O)NC(C)(C)C(C)(C)O. The predicted molar refractivity (Wildman–Crippen MR) is 83.4 cm³/mol. The third kappa shape index (κ3) is 3.82. The topological polar surface area (TPSA) is 69.6 Å². The van der Waals surface area contributed by atoms with Crippen LogP contribution in [0.5, 0.6) is 0 Å². The lowest BCUT2D eigenvalue weighted by molar-refractivity contribution is -0.116. The van der Waals surface area contributed by atoms with Gasteiger partial charge in [-0.05, 0) is 39.8 Å². The lowest BCUT2D eigenvalue weighted by Gasteiger charge is -2.38. The molecule has 5 heteroatoms. The Balaban J connectivity index is 3.13. The van der Waals surface area contributed by atoms with Crippen LogP contribution in [0.3, 0.4) is 0 Å². The quantitative estimate of drug-likeness (QED) is 0.891. The lowest BCUT2D eigenvalue weighted by Crippen LogP contribution is -2.57. The summed E-state index contributed by atoms with van der Waals surface area (Å²) in [6.07, 6.45) is 0. The highest BCUT2D eigenvalue weighted by Gasteiger charge is 2.37. The molecule has 2 N–H and O–H groups in total. The van der Waals surface area contributed by atoms with Crippen molar-refractivity contribution in [2.24, 2.45) is 0 Å². The van der Waals surface area contributed by atoms with Gasteiger partial charge in [0.15, 0.2) is 0 Å². The van der Waals surface area contributed by atoms with Crippen molar-refractivity contribution in [2.45, 2.75) is 45.8 Å². The van der Waals surface area contributed by atoms with Crippen LogP contribution in [-0.4, -0.2) is 35.1 Å². The van der Waals surface area contributed by atoms with Gasteiger partial charge in [0, 0.05) is 14.0 Å². The zero-order valence-corrected chi connectivity index (χ0v) is 13.5. The van der Waals surface area contributed by atoms with Crippen molar-refractivity contribution in [3.05, 3.63) is 29.8 Å². The number of aliphatic hydroxyl groups is 1. The fraction of sp³-hybridized carbons (Fsp3) is 0.500. The van der Waals surface area contributed by atoms with Gasteiger partial charge in [0.25, 0.3) is 5.91 Å². The molecule has 21 heavy (non-hydrogen) atoms. The van der Waals surface area contributed by atoms with Crippen molar-refractivity contribution < 1.29 is 14.7 Å². The Hall–Kier alpha value is -1.88. The Bertz CT molecular complexity index is 545. The fourth-order valence-electron chi connectivity index (χ4n) is 1.63. The lowest BCUT2D eigenvalue weighted by atomic mass is 9.85. The Morgan fingerprint density at radius 2 is 1.67 bits per heavy atom. The van der Waals surface area contributed by atoms with Gasteiger partial charge in [-0.25, -0.2) is 0 Å². The second kappa shape index (κ2) is 5.85. The van der Waals surface area contributed by atoms with E-state index in [1.807, 2.05) is 0 Å². The summed E-state index contributed by atoms with van der Waals surface area (Å²) < 4.78 is 0. The summed E-state index contributed by atoms with van der Waals surface area (Å²) in [5.74, 6) is -0.483. The molecule has 1 aromatic carbocycles. The largest absolute Gasteiger partial charge is 0.388 e. The molecule has 0 atom stereocenters. The summed E-state index contributed by atoms with van der Waals surface area (Å²) in [4.78, 5) is 25.4. The van der Waals surface area contributed by atoms with Crippen LogP contribution < -0.4 is 10.2 Å². The Kier molecular flexibility index (Phi) is 4.79. The number of hydrogen-bond acceptors (Lipinski definition) is 3. The summed E-state index contributed by atoms with van der Waals surface area (Å²) in [7, 11) is 1.62. The molecule has 0 aliphatic rings. The molecule has 0 saturated heterocycles. The van der Waals surface area contributed by atoms with Gasteiger partial charge in [0.1, 0.15) is 0 Å². The second-order valence-electron chi connectivity index (χ2n) is 6.23. The average Bonchev–Trinajstić information content (AvgIpc) is 2.35. The Morgan fingerprint density at radius 3 is 2.14 bits per heavy atom. The molecular formula is C16H24N2O3. The van der Waals surface area contributed by atoms with Gasteiger partial charge >= 0.3 is 0 Å². The van der Waals surface area contributed by atoms with Crippen LogP contribution in [0.25, 0.3) is 0 Å². The van der Waals surface area contributed by atoms with Gasteiger partial charge in [-0.2, -0.15) is 0 Å². The van der Waals surface area contributed by atoms with E-state index in [1.165, 1.54) is 11.8 Å². The molecule has 5 nitrogen and oxygen atoms in total. The highest BCUT2D eigenvalue weighted by atomic mass is 16.3. The monoisotopic (exact) mass is 292 g/mol. The molecule has 0 saturated carbocycles. The number of anilines is 1.